The molecule has 1 atom stereocenters. The number of nitrogens with two attached hydrogens (primary N) is 1. The summed E-state index contributed by atoms with van der Waals surface area (Å²) < 4.78 is 0. The van der Waals surface area contributed by atoms with Crippen LogP contribution in [0.5, 0.6) is 0 Å². The van der Waals surface area contributed by atoms with Crippen LogP contribution in [0, 0.1) is 11.3 Å². The number of hydrogen-bond donors (Lipinski definition) is 4. The molecule has 86 valence electrons. The lowest BCUT2D eigenvalue weighted by molar-refractivity contribution is 0.0132. The van der Waals surface area contributed by atoms with Crippen molar-refractivity contribution in [2.45, 2.75) is 12.5 Å². The van der Waals surface area contributed by atoms with Crippen LogP contribution < -0.4 is 11.1 Å². The number of aliphatic hydroxyl groups is 2. The Morgan fingerprint density at radius 3 is 2.75 bits per heavy atom. The third-order valence-electron chi connectivity index (χ3n) is 2.19. The number of aliphatic hydroxyl groups excluding tert-OH is 1. The normalized spacial score (nSPS) is 13.9. The van der Waals surface area contributed by atoms with Crippen molar-refractivity contribution < 1.29 is 10.2 Å². The topological polar surface area (TPSA) is 102 Å². The second kappa shape index (κ2) is 4.84. The molecule has 0 aliphatic carbocycles. The summed E-state index contributed by atoms with van der Waals surface area (Å²) in [5.41, 5.74) is 5.95. The largest absolute Gasteiger partial charge is 0.398 e. The van der Waals surface area contributed by atoms with Gasteiger partial charge in [-0.3, -0.25) is 0 Å². The van der Waals surface area contributed by atoms with E-state index in [0.717, 1.165) is 0 Å². The molecular weight excluding hydrogens is 206 g/mol. The first-order chi connectivity index (χ1) is 7.48. The highest BCUT2D eigenvalue weighted by Gasteiger charge is 2.18. The van der Waals surface area contributed by atoms with E-state index in [1.165, 1.54) is 6.92 Å². The SMILES string of the molecule is CC(O)(CO)CNc1ccc(C#N)c(N)c1. The highest BCUT2D eigenvalue weighted by atomic mass is 16.3. The fraction of sp³-hybridized carbons (Fsp3) is 0.364. The van der Waals surface area contributed by atoms with Gasteiger partial charge in [-0.25, -0.2) is 0 Å². The minimum Gasteiger partial charge on any atom is -0.398 e. The van der Waals surface area contributed by atoms with E-state index in [0.29, 0.717) is 16.9 Å². The van der Waals surface area contributed by atoms with Crippen LogP contribution in [0.3, 0.4) is 0 Å². The van der Waals surface area contributed by atoms with Crippen molar-refractivity contribution >= 4 is 11.4 Å². The zero-order valence-corrected chi connectivity index (χ0v) is 9.07. The molecule has 0 saturated carbocycles. The van der Waals surface area contributed by atoms with Gasteiger partial charge in [-0.15, -0.1) is 0 Å². The first kappa shape index (κ1) is 12.3. The van der Waals surface area contributed by atoms with Crippen LogP contribution in [-0.4, -0.2) is 29.0 Å². The fourth-order valence-corrected chi connectivity index (χ4v) is 1.12. The zero-order chi connectivity index (χ0) is 12.2. The van der Waals surface area contributed by atoms with E-state index < -0.39 is 5.60 Å². The van der Waals surface area contributed by atoms with Gasteiger partial charge in [0.25, 0.3) is 0 Å². The molecule has 5 N–H and O–H groups in total. The average Bonchev–Trinajstić information content (AvgIpc) is 2.27. The Morgan fingerprint density at radius 1 is 1.56 bits per heavy atom. The molecule has 0 fully saturated rings. The molecule has 0 spiro atoms. The lowest BCUT2D eigenvalue weighted by Gasteiger charge is -2.21. The Bertz CT molecular complexity index is 410. The maximum atomic E-state index is 9.56. The van der Waals surface area contributed by atoms with Gasteiger partial charge in [0.05, 0.1) is 17.9 Å². The molecule has 0 aromatic heterocycles. The standard InChI is InChI=1S/C11H15N3O2/c1-11(16,7-15)6-14-9-3-2-8(5-12)10(13)4-9/h2-4,14-16H,6-7,13H2,1H3. The predicted octanol–water partition coefficient (Wildman–Crippen LogP) is 0.296. The Hall–Kier alpha value is -1.77. The number of nitrogens with one attached hydrogen (secondary N) is 1. The van der Waals surface area contributed by atoms with Crippen LogP contribution in [0.1, 0.15) is 12.5 Å². The quantitative estimate of drug-likeness (QED) is 0.547. The fourth-order valence-electron chi connectivity index (χ4n) is 1.12. The third-order valence-corrected chi connectivity index (χ3v) is 2.19. The van der Waals surface area contributed by atoms with Gasteiger partial charge in [0, 0.05) is 12.2 Å². The highest BCUT2D eigenvalue weighted by Crippen LogP contribution is 2.17. The number of nitriles is 1. The highest BCUT2D eigenvalue weighted by molar-refractivity contribution is 5.62. The first-order valence-electron chi connectivity index (χ1n) is 4.85. The minimum absolute atomic E-state index is 0.203. The number of hydrogen-bond acceptors (Lipinski definition) is 5. The second-order valence-corrected chi connectivity index (χ2v) is 3.92. The summed E-state index contributed by atoms with van der Waals surface area (Å²) in [4.78, 5) is 0. The van der Waals surface area contributed by atoms with Crippen molar-refractivity contribution in [3.63, 3.8) is 0 Å². The molecule has 16 heavy (non-hydrogen) atoms. The lowest BCUT2D eigenvalue weighted by atomic mass is 10.1. The van der Waals surface area contributed by atoms with Gasteiger partial charge in [0.1, 0.15) is 11.7 Å². The summed E-state index contributed by atoms with van der Waals surface area (Å²) in [6, 6.07) is 6.88. The van der Waals surface area contributed by atoms with Crippen molar-refractivity contribution in [1.82, 2.24) is 0 Å². The Labute approximate surface area is 94.1 Å². The number of rotatable bonds is 4. The number of benzene rings is 1. The Morgan fingerprint density at radius 2 is 2.25 bits per heavy atom. The summed E-state index contributed by atoms with van der Waals surface area (Å²) in [6.07, 6.45) is 0. The zero-order valence-electron chi connectivity index (χ0n) is 9.07. The Kier molecular flexibility index (Phi) is 3.72. The molecule has 5 heteroatoms. The van der Waals surface area contributed by atoms with Gasteiger partial charge in [-0.2, -0.15) is 5.26 Å². The minimum atomic E-state index is -1.18. The molecular formula is C11H15N3O2. The van der Waals surface area contributed by atoms with Crippen LogP contribution in [0.2, 0.25) is 0 Å². The van der Waals surface area contributed by atoms with Crippen molar-refractivity contribution in [2.24, 2.45) is 0 Å². The molecule has 1 aromatic rings. The molecule has 0 aliphatic rings. The molecule has 1 unspecified atom stereocenters. The van der Waals surface area contributed by atoms with E-state index >= 15 is 0 Å². The maximum Gasteiger partial charge on any atom is 0.102 e. The van der Waals surface area contributed by atoms with Gasteiger partial charge in [0.2, 0.25) is 0 Å². The molecule has 5 nitrogen and oxygen atoms in total. The molecule has 1 aromatic carbocycles. The van der Waals surface area contributed by atoms with Crippen LogP contribution in [-0.2, 0) is 0 Å². The maximum absolute atomic E-state index is 9.56. The van der Waals surface area contributed by atoms with Crippen LogP contribution in [0.4, 0.5) is 11.4 Å². The van der Waals surface area contributed by atoms with E-state index in [4.69, 9.17) is 16.1 Å². The van der Waals surface area contributed by atoms with Gasteiger partial charge >= 0.3 is 0 Å². The van der Waals surface area contributed by atoms with Crippen molar-refractivity contribution in [3.05, 3.63) is 23.8 Å². The molecule has 0 amide bonds. The Balaban J connectivity index is 2.70. The van der Waals surface area contributed by atoms with Crippen LogP contribution in [0.25, 0.3) is 0 Å². The van der Waals surface area contributed by atoms with E-state index in [2.05, 4.69) is 5.32 Å². The molecule has 1 rings (SSSR count). The molecule has 0 radical (unpaired) electrons. The average molecular weight is 221 g/mol. The van der Waals surface area contributed by atoms with E-state index in [-0.39, 0.29) is 13.2 Å². The van der Waals surface area contributed by atoms with E-state index in [1.54, 1.807) is 18.2 Å². The van der Waals surface area contributed by atoms with Gasteiger partial charge in [-0.1, -0.05) is 0 Å². The first-order valence-corrected chi connectivity index (χ1v) is 4.85. The van der Waals surface area contributed by atoms with Crippen molar-refractivity contribution in [3.8, 4) is 6.07 Å². The third kappa shape index (κ3) is 3.12. The van der Waals surface area contributed by atoms with Gasteiger partial charge < -0.3 is 21.3 Å². The van der Waals surface area contributed by atoms with Gasteiger partial charge in [0.15, 0.2) is 0 Å². The van der Waals surface area contributed by atoms with Crippen molar-refractivity contribution in [1.29, 1.82) is 5.26 Å². The van der Waals surface area contributed by atoms with Crippen LogP contribution >= 0.6 is 0 Å². The number of nitrogen functional groups attached to an aromatic ring is 1. The summed E-state index contributed by atoms with van der Waals surface area (Å²) in [5.74, 6) is 0. The summed E-state index contributed by atoms with van der Waals surface area (Å²) >= 11 is 0. The van der Waals surface area contributed by atoms with E-state index in [1.807, 2.05) is 6.07 Å². The number of nitrogens with zero attached hydrogens (tertiary/aromatic N) is 1. The number of anilines is 2. The van der Waals surface area contributed by atoms with Gasteiger partial charge in [-0.05, 0) is 25.1 Å². The molecule has 0 saturated heterocycles. The second-order valence-electron chi connectivity index (χ2n) is 3.92. The predicted molar refractivity (Wildman–Crippen MR) is 61.8 cm³/mol. The van der Waals surface area contributed by atoms with Crippen molar-refractivity contribution in [2.75, 3.05) is 24.2 Å². The summed E-state index contributed by atoms with van der Waals surface area (Å²) in [5, 5.41) is 30.0. The van der Waals surface area contributed by atoms with Crippen LogP contribution in [0.15, 0.2) is 18.2 Å². The molecule has 0 bridgehead atoms. The lowest BCUT2D eigenvalue weighted by Crippen LogP contribution is -2.37. The van der Waals surface area contributed by atoms with E-state index in [9.17, 15) is 5.11 Å². The smallest absolute Gasteiger partial charge is 0.102 e. The molecule has 0 aliphatic heterocycles. The monoisotopic (exact) mass is 221 g/mol. The summed E-state index contributed by atoms with van der Waals surface area (Å²) in [7, 11) is 0. The molecule has 0 heterocycles. The summed E-state index contributed by atoms with van der Waals surface area (Å²) in [6.45, 7) is 1.40.